The van der Waals surface area contributed by atoms with E-state index in [0.29, 0.717) is 5.71 Å². The number of nitroso groups, excluding NO2 is 1. The van der Waals surface area contributed by atoms with E-state index in [1.54, 1.807) is 6.92 Å². The highest BCUT2D eigenvalue weighted by Gasteiger charge is 2.13. The molecule has 0 saturated heterocycles. The van der Waals surface area contributed by atoms with E-state index >= 15 is 0 Å². The van der Waals surface area contributed by atoms with Crippen molar-refractivity contribution in [2.75, 3.05) is 0 Å². The van der Waals surface area contributed by atoms with E-state index in [0.717, 1.165) is 11.1 Å². The van der Waals surface area contributed by atoms with Crippen LogP contribution in [0.1, 0.15) is 18.1 Å². The molecule has 6 heteroatoms. The fourth-order valence-electron chi connectivity index (χ4n) is 1.29. The van der Waals surface area contributed by atoms with Gasteiger partial charge in [-0.1, -0.05) is 35.0 Å². The molecule has 3 N–H and O–H groups in total. The average Bonchev–Trinajstić information content (AvgIpc) is 2.30. The van der Waals surface area contributed by atoms with Gasteiger partial charge >= 0.3 is 0 Å². The van der Waals surface area contributed by atoms with Crippen LogP contribution in [0.4, 0.5) is 0 Å². The van der Waals surface area contributed by atoms with E-state index in [1.807, 2.05) is 31.2 Å². The van der Waals surface area contributed by atoms with Crippen LogP contribution < -0.4 is 11.2 Å². The van der Waals surface area contributed by atoms with Gasteiger partial charge in [0.15, 0.2) is 5.11 Å². The lowest BCUT2D eigenvalue weighted by Crippen LogP contribution is -2.28. The van der Waals surface area contributed by atoms with Crippen molar-refractivity contribution in [1.82, 2.24) is 5.43 Å². The molecular weight excluding hydrogens is 236 g/mol. The standard InChI is InChI=1S/C11H14N4OS/c1-7-3-5-9(6-4-7)10(8(2)15-16)13-14-11(12)17/h3-6,8H,1-2H3,(H3,12,14,17). The summed E-state index contributed by atoms with van der Waals surface area (Å²) in [4.78, 5) is 10.6. The summed E-state index contributed by atoms with van der Waals surface area (Å²) in [5.41, 5.74) is 10.2. The van der Waals surface area contributed by atoms with Gasteiger partial charge in [-0.2, -0.15) is 10.0 Å². The molecule has 17 heavy (non-hydrogen) atoms. The van der Waals surface area contributed by atoms with Gasteiger partial charge in [0, 0.05) is 5.56 Å². The molecule has 1 atom stereocenters. The Labute approximate surface area is 105 Å². The second-order valence-corrected chi connectivity index (χ2v) is 4.06. The van der Waals surface area contributed by atoms with Crippen molar-refractivity contribution in [2.24, 2.45) is 16.0 Å². The van der Waals surface area contributed by atoms with E-state index in [2.05, 4.69) is 27.9 Å². The zero-order valence-corrected chi connectivity index (χ0v) is 10.5. The number of nitrogens with two attached hydrogens (primary N) is 1. The SMILES string of the molecule is Cc1ccc(C(=NNC(N)=S)C(C)N=O)cc1. The Kier molecular flexibility index (Phi) is 4.71. The van der Waals surface area contributed by atoms with Crippen molar-refractivity contribution in [3.05, 3.63) is 40.3 Å². The summed E-state index contributed by atoms with van der Waals surface area (Å²) >= 11 is 4.66. The Bertz CT molecular complexity index is 441. The molecule has 0 saturated carbocycles. The number of rotatable bonds is 4. The van der Waals surface area contributed by atoms with Crippen LogP contribution in [0.3, 0.4) is 0 Å². The molecule has 1 aromatic carbocycles. The molecule has 0 aliphatic heterocycles. The third-order valence-corrected chi connectivity index (χ3v) is 2.28. The van der Waals surface area contributed by atoms with E-state index in [4.69, 9.17) is 5.73 Å². The normalized spacial score (nSPS) is 12.9. The smallest absolute Gasteiger partial charge is 0.184 e. The number of thiocarbonyl (C=S) groups is 1. The number of hydrazone groups is 1. The number of nitrogens with zero attached hydrogens (tertiary/aromatic N) is 2. The summed E-state index contributed by atoms with van der Waals surface area (Å²) in [5, 5.41) is 7.01. The first-order valence-corrected chi connectivity index (χ1v) is 5.48. The van der Waals surface area contributed by atoms with Crippen molar-refractivity contribution in [2.45, 2.75) is 19.9 Å². The zero-order chi connectivity index (χ0) is 12.8. The summed E-state index contributed by atoms with van der Waals surface area (Å²) in [6, 6.07) is 7.04. The summed E-state index contributed by atoms with van der Waals surface area (Å²) in [6.07, 6.45) is 0. The Hall–Kier alpha value is -1.82. The Morgan fingerprint density at radius 2 is 2.00 bits per heavy atom. The maximum Gasteiger partial charge on any atom is 0.184 e. The number of aryl methyl sites for hydroxylation is 1. The minimum absolute atomic E-state index is 0.0488. The molecule has 1 rings (SSSR count). The third kappa shape index (κ3) is 3.92. The molecule has 0 heterocycles. The second-order valence-electron chi connectivity index (χ2n) is 3.62. The maximum absolute atomic E-state index is 10.6. The average molecular weight is 250 g/mol. The van der Waals surface area contributed by atoms with Crippen molar-refractivity contribution >= 4 is 23.0 Å². The van der Waals surface area contributed by atoms with Crippen LogP contribution in [0.5, 0.6) is 0 Å². The van der Waals surface area contributed by atoms with Gasteiger partial charge in [-0.15, -0.1) is 0 Å². The Morgan fingerprint density at radius 1 is 1.41 bits per heavy atom. The van der Waals surface area contributed by atoms with Gasteiger partial charge < -0.3 is 5.73 Å². The van der Waals surface area contributed by atoms with Crippen LogP contribution >= 0.6 is 12.2 Å². The van der Waals surface area contributed by atoms with Crippen LogP contribution in [0, 0.1) is 11.8 Å². The molecule has 0 aliphatic rings. The Balaban J connectivity index is 3.05. The first-order valence-electron chi connectivity index (χ1n) is 5.07. The minimum atomic E-state index is -0.570. The predicted octanol–water partition coefficient (Wildman–Crippen LogP) is 1.69. The zero-order valence-electron chi connectivity index (χ0n) is 9.68. The van der Waals surface area contributed by atoms with Gasteiger partial charge in [0.25, 0.3) is 0 Å². The largest absolute Gasteiger partial charge is 0.375 e. The molecule has 0 amide bonds. The van der Waals surface area contributed by atoms with Crippen LogP contribution in [0.2, 0.25) is 0 Å². The van der Waals surface area contributed by atoms with Gasteiger partial charge in [-0.25, -0.2) is 0 Å². The molecule has 5 nitrogen and oxygen atoms in total. The van der Waals surface area contributed by atoms with Gasteiger partial charge in [-0.05, 0) is 26.1 Å². The van der Waals surface area contributed by atoms with Gasteiger partial charge in [0.1, 0.15) is 6.04 Å². The van der Waals surface area contributed by atoms with Crippen LogP contribution in [-0.4, -0.2) is 16.9 Å². The fourth-order valence-corrected chi connectivity index (χ4v) is 1.33. The number of nitrogens with one attached hydrogen (secondary N) is 1. The fraction of sp³-hybridized carbons (Fsp3) is 0.273. The van der Waals surface area contributed by atoms with Crippen LogP contribution in [-0.2, 0) is 0 Å². The lowest BCUT2D eigenvalue weighted by Gasteiger charge is -2.09. The highest BCUT2D eigenvalue weighted by Crippen LogP contribution is 2.09. The molecule has 0 fully saturated rings. The summed E-state index contributed by atoms with van der Waals surface area (Å²) in [5.74, 6) is 0. The van der Waals surface area contributed by atoms with Gasteiger partial charge in [0.2, 0.25) is 0 Å². The monoisotopic (exact) mass is 250 g/mol. The molecule has 0 aliphatic carbocycles. The number of hydrogen-bond donors (Lipinski definition) is 2. The molecular formula is C11H14N4OS. The molecule has 90 valence electrons. The third-order valence-electron chi connectivity index (χ3n) is 2.19. The van der Waals surface area contributed by atoms with Crippen molar-refractivity contribution in [3.8, 4) is 0 Å². The first kappa shape index (κ1) is 13.2. The van der Waals surface area contributed by atoms with E-state index < -0.39 is 6.04 Å². The van der Waals surface area contributed by atoms with E-state index in [9.17, 15) is 4.91 Å². The molecule has 1 aromatic rings. The topological polar surface area (TPSA) is 79.8 Å². The quantitative estimate of drug-likeness (QED) is 0.369. The van der Waals surface area contributed by atoms with Gasteiger partial charge in [-0.3, -0.25) is 5.43 Å². The summed E-state index contributed by atoms with van der Waals surface area (Å²) in [7, 11) is 0. The molecule has 1 unspecified atom stereocenters. The second kappa shape index (κ2) is 6.05. The lowest BCUT2D eigenvalue weighted by molar-refractivity contribution is 0.923. The first-order chi connectivity index (χ1) is 8.04. The molecule has 0 radical (unpaired) electrons. The molecule has 0 spiro atoms. The number of benzene rings is 1. The van der Waals surface area contributed by atoms with Crippen LogP contribution in [0.25, 0.3) is 0 Å². The van der Waals surface area contributed by atoms with E-state index in [1.165, 1.54) is 0 Å². The summed E-state index contributed by atoms with van der Waals surface area (Å²) in [6.45, 7) is 3.64. The minimum Gasteiger partial charge on any atom is -0.375 e. The van der Waals surface area contributed by atoms with Crippen molar-refractivity contribution < 1.29 is 0 Å². The van der Waals surface area contributed by atoms with E-state index in [-0.39, 0.29) is 5.11 Å². The molecule has 0 bridgehead atoms. The highest BCUT2D eigenvalue weighted by atomic mass is 32.1. The Morgan fingerprint density at radius 3 is 2.47 bits per heavy atom. The lowest BCUT2D eigenvalue weighted by atomic mass is 10.0. The molecule has 0 aromatic heterocycles. The number of hydrogen-bond acceptors (Lipinski definition) is 4. The van der Waals surface area contributed by atoms with Crippen molar-refractivity contribution in [1.29, 1.82) is 0 Å². The van der Waals surface area contributed by atoms with Crippen molar-refractivity contribution in [3.63, 3.8) is 0 Å². The maximum atomic E-state index is 10.6. The predicted molar refractivity (Wildman–Crippen MR) is 72.9 cm³/mol. The van der Waals surface area contributed by atoms with Gasteiger partial charge in [0.05, 0.1) is 5.71 Å². The van der Waals surface area contributed by atoms with Crippen LogP contribution in [0.15, 0.2) is 34.5 Å². The summed E-state index contributed by atoms with van der Waals surface area (Å²) < 4.78 is 0. The highest BCUT2D eigenvalue weighted by molar-refractivity contribution is 7.80.